The van der Waals surface area contributed by atoms with Crippen molar-refractivity contribution in [1.82, 2.24) is 9.97 Å². The fraction of sp³-hybridized carbons (Fsp3) is 0.235. The first-order valence-corrected chi connectivity index (χ1v) is 7.06. The number of aromatic nitrogens is 2. The largest absolute Gasteiger partial charge is 0.497 e. The van der Waals surface area contributed by atoms with Gasteiger partial charge in [-0.1, -0.05) is 6.07 Å². The summed E-state index contributed by atoms with van der Waals surface area (Å²) in [4.78, 5) is 7.49. The van der Waals surface area contributed by atoms with Crippen LogP contribution in [0.1, 0.15) is 17.0 Å². The number of fused-ring (bicyclic) bond motifs is 1. The zero-order valence-electron chi connectivity index (χ0n) is 12.0. The van der Waals surface area contributed by atoms with Crippen LogP contribution in [0.15, 0.2) is 48.9 Å². The monoisotopic (exact) mass is 281 g/mol. The van der Waals surface area contributed by atoms with Crippen LogP contribution in [-0.2, 0) is 6.42 Å². The third-order valence-corrected chi connectivity index (χ3v) is 3.85. The van der Waals surface area contributed by atoms with Gasteiger partial charge in [0.2, 0.25) is 0 Å². The summed E-state index contributed by atoms with van der Waals surface area (Å²) in [6.45, 7) is 0.596. The van der Waals surface area contributed by atoms with E-state index in [0.717, 1.165) is 17.7 Å². The number of nitrogens with one attached hydrogen (secondary N) is 1. The first-order valence-electron chi connectivity index (χ1n) is 7.06. The van der Waals surface area contributed by atoms with E-state index in [-0.39, 0.29) is 5.92 Å². The van der Waals surface area contributed by atoms with Crippen LogP contribution in [0.25, 0.3) is 10.9 Å². The molecule has 0 amide bonds. The average molecular weight is 281 g/mol. The minimum Gasteiger partial charge on any atom is -0.497 e. The highest BCUT2D eigenvalue weighted by Gasteiger charge is 2.15. The predicted octanol–water partition coefficient (Wildman–Crippen LogP) is 2.86. The van der Waals surface area contributed by atoms with Crippen LogP contribution in [0.2, 0.25) is 0 Å². The fourth-order valence-electron chi connectivity index (χ4n) is 2.71. The summed E-state index contributed by atoms with van der Waals surface area (Å²) in [5, 5.41) is 1.17. The first kappa shape index (κ1) is 13.6. The minimum absolute atomic E-state index is 0.259. The lowest BCUT2D eigenvalue weighted by molar-refractivity contribution is 0.415. The number of ether oxygens (including phenoxy) is 1. The SMILES string of the molecule is COc1ccc2[nH]cc(C(CN)Cc3cccnc3)c2c1. The van der Waals surface area contributed by atoms with Gasteiger partial charge in [0.05, 0.1) is 7.11 Å². The van der Waals surface area contributed by atoms with E-state index >= 15 is 0 Å². The maximum absolute atomic E-state index is 6.01. The molecule has 0 fully saturated rings. The molecule has 0 bridgehead atoms. The Labute approximate surface area is 124 Å². The van der Waals surface area contributed by atoms with Crippen molar-refractivity contribution in [2.75, 3.05) is 13.7 Å². The Kier molecular flexibility index (Phi) is 3.88. The zero-order chi connectivity index (χ0) is 14.7. The van der Waals surface area contributed by atoms with Gasteiger partial charge in [0.1, 0.15) is 5.75 Å². The number of rotatable bonds is 5. The van der Waals surface area contributed by atoms with Crippen molar-refractivity contribution in [3.05, 3.63) is 60.0 Å². The molecule has 3 aromatic rings. The minimum atomic E-state index is 0.259. The molecule has 2 aromatic heterocycles. The molecule has 0 saturated heterocycles. The Bertz CT molecular complexity index is 721. The number of hydrogen-bond acceptors (Lipinski definition) is 3. The van der Waals surface area contributed by atoms with E-state index in [0.29, 0.717) is 6.54 Å². The Morgan fingerprint density at radius 1 is 1.33 bits per heavy atom. The van der Waals surface area contributed by atoms with Gasteiger partial charge in [-0.25, -0.2) is 0 Å². The molecule has 2 heterocycles. The van der Waals surface area contributed by atoms with Gasteiger partial charge in [-0.2, -0.15) is 0 Å². The van der Waals surface area contributed by atoms with E-state index in [4.69, 9.17) is 10.5 Å². The molecule has 21 heavy (non-hydrogen) atoms. The third-order valence-electron chi connectivity index (χ3n) is 3.85. The molecule has 4 heteroatoms. The van der Waals surface area contributed by atoms with Gasteiger partial charge in [0.25, 0.3) is 0 Å². The lowest BCUT2D eigenvalue weighted by Crippen LogP contribution is -2.14. The van der Waals surface area contributed by atoms with Crippen LogP contribution >= 0.6 is 0 Å². The van der Waals surface area contributed by atoms with Crippen molar-refractivity contribution in [3.63, 3.8) is 0 Å². The van der Waals surface area contributed by atoms with E-state index in [1.807, 2.05) is 24.4 Å². The molecular formula is C17H19N3O. The van der Waals surface area contributed by atoms with Gasteiger partial charge in [-0.05, 0) is 48.4 Å². The molecule has 1 aromatic carbocycles. The lowest BCUT2D eigenvalue weighted by atomic mass is 9.92. The van der Waals surface area contributed by atoms with Crippen LogP contribution < -0.4 is 10.5 Å². The smallest absolute Gasteiger partial charge is 0.119 e. The third kappa shape index (κ3) is 2.76. The number of nitrogens with two attached hydrogens (primary N) is 1. The van der Waals surface area contributed by atoms with E-state index < -0.39 is 0 Å². The molecule has 108 valence electrons. The van der Waals surface area contributed by atoms with E-state index in [1.54, 1.807) is 13.3 Å². The zero-order valence-corrected chi connectivity index (χ0v) is 12.0. The Morgan fingerprint density at radius 3 is 2.95 bits per heavy atom. The highest BCUT2D eigenvalue weighted by Crippen LogP contribution is 2.30. The van der Waals surface area contributed by atoms with Gasteiger partial charge in [0.15, 0.2) is 0 Å². The van der Waals surface area contributed by atoms with Crippen molar-refractivity contribution >= 4 is 10.9 Å². The number of hydrogen-bond donors (Lipinski definition) is 2. The molecule has 0 aliphatic carbocycles. The molecule has 4 nitrogen and oxygen atoms in total. The van der Waals surface area contributed by atoms with E-state index in [2.05, 4.69) is 28.3 Å². The maximum Gasteiger partial charge on any atom is 0.119 e. The number of H-pyrrole nitrogens is 1. The number of benzene rings is 1. The molecule has 0 radical (unpaired) electrons. The second kappa shape index (κ2) is 5.97. The van der Waals surface area contributed by atoms with Crippen molar-refractivity contribution in [2.24, 2.45) is 5.73 Å². The molecular weight excluding hydrogens is 262 g/mol. The molecule has 1 atom stereocenters. The first-order chi connectivity index (χ1) is 10.3. The van der Waals surface area contributed by atoms with Gasteiger partial charge in [-0.3, -0.25) is 4.98 Å². The molecule has 0 aliphatic heterocycles. The molecule has 3 N–H and O–H groups in total. The summed E-state index contributed by atoms with van der Waals surface area (Å²) in [7, 11) is 1.68. The number of pyridine rings is 1. The van der Waals surface area contributed by atoms with Crippen LogP contribution in [0.4, 0.5) is 0 Å². The van der Waals surface area contributed by atoms with Gasteiger partial charge >= 0.3 is 0 Å². The topological polar surface area (TPSA) is 63.9 Å². The van der Waals surface area contributed by atoms with E-state index in [9.17, 15) is 0 Å². The number of methoxy groups -OCH3 is 1. The second-order valence-electron chi connectivity index (χ2n) is 5.15. The number of nitrogens with zero attached hydrogens (tertiary/aromatic N) is 1. The Balaban J connectivity index is 1.96. The van der Waals surface area contributed by atoms with Gasteiger partial charge < -0.3 is 15.5 Å². The highest BCUT2D eigenvalue weighted by molar-refractivity contribution is 5.85. The molecule has 3 rings (SSSR count). The quantitative estimate of drug-likeness (QED) is 0.756. The van der Waals surface area contributed by atoms with Crippen molar-refractivity contribution < 1.29 is 4.74 Å². The predicted molar refractivity (Wildman–Crippen MR) is 84.6 cm³/mol. The Hall–Kier alpha value is -2.33. The van der Waals surface area contributed by atoms with Crippen LogP contribution in [0, 0.1) is 0 Å². The Morgan fingerprint density at radius 2 is 2.24 bits per heavy atom. The van der Waals surface area contributed by atoms with Crippen LogP contribution in [0.3, 0.4) is 0 Å². The normalized spacial score (nSPS) is 12.5. The van der Waals surface area contributed by atoms with E-state index in [1.165, 1.54) is 16.5 Å². The van der Waals surface area contributed by atoms with Crippen molar-refractivity contribution in [3.8, 4) is 5.75 Å². The summed E-state index contributed by atoms with van der Waals surface area (Å²) >= 11 is 0. The summed E-state index contributed by atoms with van der Waals surface area (Å²) in [6, 6.07) is 10.1. The molecule has 0 aliphatic rings. The summed E-state index contributed by atoms with van der Waals surface area (Å²) in [6.07, 6.45) is 6.63. The highest BCUT2D eigenvalue weighted by atomic mass is 16.5. The number of aromatic amines is 1. The maximum atomic E-state index is 6.01. The van der Waals surface area contributed by atoms with Crippen molar-refractivity contribution in [2.45, 2.75) is 12.3 Å². The summed E-state index contributed by atoms with van der Waals surface area (Å²) in [5.41, 5.74) is 9.55. The second-order valence-corrected chi connectivity index (χ2v) is 5.15. The van der Waals surface area contributed by atoms with Gasteiger partial charge in [-0.15, -0.1) is 0 Å². The summed E-state index contributed by atoms with van der Waals surface area (Å²) < 4.78 is 5.32. The van der Waals surface area contributed by atoms with Crippen molar-refractivity contribution in [1.29, 1.82) is 0 Å². The van der Waals surface area contributed by atoms with Gasteiger partial charge in [0, 0.05) is 35.4 Å². The molecule has 0 saturated carbocycles. The average Bonchev–Trinajstić information content (AvgIpc) is 2.96. The molecule has 1 unspecified atom stereocenters. The van der Waals surface area contributed by atoms with Crippen LogP contribution in [0.5, 0.6) is 5.75 Å². The summed E-state index contributed by atoms with van der Waals surface area (Å²) in [5.74, 6) is 1.12. The van der Waals surface area contributed by atoms with Crippen LogP contribution in [-0.4, -0.2) is 23.6 Å². The fourth-order valence-corrected chi connectivity index (χ4v) is 2.71. The lowest BCUT2D eigenvalue weighted by Gasteiger charge is -2.14. The standard InChI is InChI=1S/C17H19N3O/c1-21-14-4-5-17-15(8-14)16(11-20-17)13(9-18)7-12-3-2-6-19-10-12/h2-6,8,10-11,13,20H,7,9,18H2,1H3. The molecule has 0 spiro atoms.